The molecule has 0 aliphatic carbocycles. The first-order valence-electron chi connectivity index (χ1n) is 6.57. The van der Waals surface area contributed by atoms with E-state index in [2.05, 4.69) is 0 Å². The highest BCUT2D eigenvalue weighted by molar-refractivity contribution is 5.66. The number of nitrogens with zero attached hydrogens (tertiary/aromatic N) is 1. The summed E-state index contributed by atoms with van der Waals surface area (Å²) < 4.78 is 9.91. The van der Waals surface area contributed by atoms with E-state index in [0.717, 1.165) is 5.69 Å². The van der Waals surface area contributed by atoms with Crippen LogP contribution in [0.1, 0.15) is 19.4 Å². The van der Waals surface area contributed by atoms with E-state index < -0.39 is 0 Å². The SMILES string of the molecule is CC(=O)OCCN(CCOC(C)=O)c1ccc(C)cc1. The van der Waals surface area contributed by atoms with Gasteiger partial charge in [-0.05, 0) is 19.1 Å². The molecule has 0 heterocycles. The number of esters is 2. The van der Waals surface area contributed by atoms with Crippen LogP contribution in [-0.2, 0) is 19.1 Å². The van der Waals surface area contributed by atoms with Crippen molar-refractivity contribution >= 4 is 17.6 Å². The highest BCUT2D eigenvalue weighted by Gasteiger charge is 2.08. The molecular formula is C15H21NO4. The van der Waals surface area contributed by atoms with Gasteiger partial charge in [0.1, 0.15) is 13.2 Å². The van der Waals surface area contributed by atoms with Crippen molar-refractivity contribution in [1.82, 2.24) is 0 Å². The highest BCUT2D eigenvalue weighted by Crippen LogP contribution is 2.14. The van der Waals surface area contributed by atoms with Crippen LogP contribution in [0.15, 0.2) is 24.3 Å². The molecule has 0 unspecified atom stereocenters. The van der Waals surface area contributed by atoms with Crippen molar-refractivity contribution in [3.05, 3.63) is 29.8 Å². The minimum Gasteiger partial charge on any atom is -0.464 e. The molecule has 0 aliphatic heterocycles. The van der Waals surface area contributed by atoms with E-state index in [1.165, 1.54) is 19.4 Å². The van der Waals surface area contributed by atoms with Gasteiger partial charge >= 0.3 is 11.9 Å². The highest BCUT2D eigenvalue weighted by atomic mass is 16.5. The lowest BCUT2D eigenvalue weighted by atomic mass is 10.2. The molecule has 110 valence electrons. The van der Waals surface area contributed by atoms with E-state index in [1.807, 2.05) is 36.1 Å². The maximum absolute atomic E-state index is 10.8. The van der Waals surface area contributed by atoms with Crippen molar-refractivity contribution in [2.75, 3.05) is 31.2 Å². The number of ether oxygens (including phenoxy) is 2. The van der Waals surface area contributed by atoms with E-state index in [9.17, 15) is 9.59 Å². The molecule has 0 N–H and O–H groups in total. The third-order valence-corrected chi connectivity index (χ3v) is 2.73. The minimum absolute atomic E-state index is 0.297. The van der Waals surface area contributed by atoms with Gasteiger partial charge in [-0.25, -0.2) is 0 Å². The van der Waals surface area contributed by atoms with Crippen LogP contribution in [0.5, 0.6) is 0 Å². The molecule has 0 fully saturated rings. The second kappa shape index (κ2) is 8.19. The average Bonchev–Trinajstić information content (AvgIpc) is 2.37. The van der Waals surface area contributed by atoms with Gasteiger partial charge in [0.25, 0.3) is 0 Å². The van der Waals surface area contributed by atoms with Gasteiger partial charge in [0.15, 0.2) is 0 Å². The van der Waals surface area contributed by atoms with Gasteiger partial charge in [-0.3, -0.25) is 9.59 Å². The predicted molar refractivity (Wildman–Crippen MR) is 76.7 cm³/mol. The molecule has 0 aromatic heterocycles. The van der Waals surface area contributed by atoms with Gasteiger partial charge in [-0.15, -0.1) is 0 Å². The van der Waals surface area contributed by atoms with Crippen LogP contribution in [0.2, 0.25) is 0 Å². The fourth-order valence-electron chi connectivity index (χ4n) is 1.72. The number of aryl methyl sites for hydroxylation is 1. The molecule has 5 nitrogen and oxygen atoms in total. The van der Waals surface area contributed by atoms with Gasteiger partial charge in [0, 0.05) is 19.5 Å². The quantitative estimate of drug-likeness (QED) is 0.714. The summed E-state index contributed by atoms with van der Waals surface area (Å²) in [5, 5.41) is 0. The smallest absolute Gasteiger partial charge is 0.302 e. The first-order chi connectivity index (χ1) is 9.49. The van der Waals surface area contributed by atoms with Gasteiger partial charge in [-0.1, -0.05) is 17.7 Å². The molecule has 0 bridgehead atoms. The van der Waals surface area contributed by atoms with Crippen molar-refractivity contribution in [2.45, 2.75) is 20.8 Å². The summed E-state index contributed by atoms with van der Waals surface area (Å²) in [6.07, 6.45) is 0. The van der Waals surface area contributed by atoms with Crippen molar-refractivity contribution in [2.24, 2.45) is 0 Å². The van der Waals surface area contributed by atoms with E-state index >= 15 is 0 Å². The summed E-state index contributed by atoms with van der Waals surface area (Å²) in [6, 6.07) is 8.02. The third kappa shape index (κ3) is 6.22. The Morgan fingerprint density at radius 1 is 0.950 bits per heavy atom. The summed E-state index contributed by atoms with van der Waals surface area (Å²) in [6.45, 7) is 6.52. The largest absolute Gasteiger partial charge is 0.464 e. The van der Waals surface area contributed by atoms with Crippen LogP contribution in [0, 0.1) is 6.92 Å². The molecule has 1 aromatic carbocycles. The number of hydrogen-bond donors (Lipinski definition) is 0. The van der Waals surface area contributed by atoms with Crippen LogP contribution >= 0.6 is 0 Å². The molecular weight excluding hydrogens is 258 g/mol. The minimum atomic E-state index is -0.297. The van der Waals surface area contributed by atoms with Gasteiger partial charge in [-0.2, -0.15) is 0 Å². The molecule has 0 atom stereocenters. The van der Waals surface area contributed by atoms with E-state index in [0.29, 0.717) is 26.3 Å². The monoisotopic (exact) mass is 279 g/mol. The van der Waals surface area contributed by atoms with Crippen molar-refractivity contribution in [3.63, 3.8) is 0 Å². The van der Waals surface area contributed by atoms with Crippen molar-refractivity contribution < 1.29 is 19.1 Å². The Kier molecular flexibility index (Phi) is 6.56. The summed E-state index contributed by atoms with van der Waals surface area (Å²) in [7, 11) is 0. The van der Waals surface area contributed by atoms with Crippen LogP contribution < -0.4 is 4.90 Å². The summed E-state index contributed by atoms with van der Waals surface area (Å²) in [5.74, 6) is -0.595. The number of rotatable bonds is 7. The Morgan fingerprint density at radius 3 is 1.80 bits per heavy atom. The molecule has 1 rings (SSSR count). The summed E-state index contributed by atoms with van der Waals surface area (Å²) in [4.78, 5) is 23.6. The van der Waals surface area contributed by atoms with Gasteiger partial charge < -0.3 is 14.4 Å². The lowest BCUT2D eigenvalue weighted by Crippen LogP contribution is -2.31. The average molecular weight is 279 g/mol. The number of carbonyl (C=O) groups excluding carboxylic acids is 2. The summed E-state index contributed by atoms with van der Waals surface area (Å²) in [5.41, 5.74) is 2.18. The van der Waals surface area contributed by atoms with E-state index in [-0.39, 0.29) is 11.9 Å². The lowest BCUT2D eigenvalue weighted by molar-refractivity contribution is -0.141. The lowest BCUT2D eigenvalue weighted by Gasteiger charge is -2.24. The number of benzene rings is 1. The van der Waals surface area contributed by atoms with Crippen LogP contribution in [-0.4, -0.2) is 38.2 Å². The zero-order valence-electron chi connectivity index (χ0n) is 12.2. The van der Waals surface area contributed by atoms with E-state index in [1.54, 1.807) is 0 Å². The Bertz CT molecular complexity index is 422. The van der Waals surface area contributed by atoms with Crippen LogP contribution in [0.25, 0.3) is 0 Å². The molecule has 0 radical (unpaired) electrons. The third-order valence-electron chi connectivity index (χ3n) is 2.73. The Hall–Kier alpha value is -2.04. The maximum atomic E-state index is 10.8. The number of hydrogen-bond acceptors (Lipinski definition) is 5. The fraction of sp³-hybridized carbons (Fsp3) is 0.467. The number of carbonyl (C=O) groups is 2. The molecule has 0 spiro atoms. The standard InChI is InChI=1S/C15H21NO4/c1-12-4-6-15(7-5-12)16(8-10-19-13(2)17)9-11-20-14(3)18/h4-7H,8-11H2,1-3H3. The van der Waals surface area contributed by atoms with Gasteiger partial charge in [0.05, 0.1) is 13.1 Å². The van der Waals surface area contributed by atoms with Crippen molar-refractivity contribution in [3.8, 4) is 0 Å². The normalized spacial score (nSPS) is 9.95. The zero-order valence-corrected chi connectivity index (χ0v) is 12.2. The summed E-state index contributed by atoms with van der Waals surface area (Å²) >= 11 is 0. The molecule has 1 aromatic rings. The topological polar surface area (TPSA) is 55.8 Å². The Morgan fingerprint density at radius 2 is 1.40 bits per heavy atom. The van der Waals surface area contributed by atoms with Crippen molar-refractivity contribution in [1.29, 1.82) is 0 Å². The molecule has 0 saturated carbocycles. The molecule has 5 heteroatoms. The fourth-order valence-corrected chi connectivity index (χ4v) is 1.72. The first-order valence-corrected chi connectivity index (χ1v) is 6.57. The second-order valence-corrected chi connectivity index (χ2v) is 4.50. The first kappa shape index (κ1) is 16.0. The maximum Gasteiger partial charge on any atom is 0.302 e. The second-order valence-electron chi connectivity index (χ2n) is 4.50. The predicted octanol–water partition coefficient (Wildman–Crippen LogP) is 1.93. The Labute approximate surface area is 119 Å². The Balaban J connectivity index is 2.60. The van der Waals surface area contributed by atoms with Crippen LogP contribution in [0.3, 0.4) is 0 Å². The number of anilines is 1. The van der Waals surface area contributed by atoms with E-state index in [4.69, 9.17) is 9.47 Å². The molecule has 0 saturated heterocycles. The molecule has 0 amide bonds. The van der Waals surface area contributed by atoms with Gasteiger partial charge in [0.2, 0.25) is 0 Å². The van der Waals surface area contributed by atoms with Crippen LogP contribution in [0.4, 0.5) is 5.69 Å². The molecule has 0 aliphatic rings. The zero-order chi connectivity index (χ0) is 15.0. The molecule has 20 heavy (non-hydrogen) atoms.